The number of aryl methyl sites for hydroxylation is 1. The molecule has 0 N–H and O–H groups in total. The molecule has 2 aromatic rings. The van der Waals surface area contributed by atoms with Crippen molar-refractivity contribution in [3.63, 3.8) is 0 Å². The fourth-order valence-electron chi connectivity index (χ4n) is 4.77. The van der Waals surface area contributed by atoms with Gasteiger partial charge in [-0.25, -0.2) is 4.39 Å². The first-order valence-corrected chi connectivity index (χ1v) is 12.1. The summed E-state index contributed by atoms with van der Waals surface area (Å²) in [5.41, 5.74) is 2.49. The van der Waals surface area contributed by atoms with Crippen LogP contribution in [0.4, 0.5) is 4.39 Å². The molecular formula is C26H33Cl2FO. The molecule has 2 aromatic carbocycles. The molecule has 0 saturated heterocycles. The molecule has 30 heavy (non-hydrogen) atoms. The highest BCUT2D eigenvalue weighted by atomic mass is 35.5. The predicted molar refractivity (Wildman–Crippen MR) is 125 cm³/mol. The lowest BCUT2D eigenvalue weighted by Crippen LogP contribution is -2.28. The monoisotopic (exact) mass is 450 g/mol. The molecule has 1 fully saturated rings. The molecular weight excluding hydrogens is 418 g/mol. The van der Waals surface area contributed by atoms with Crippen molar-refractivity contribution in [3.8, 4) is 0 Å². The van der Waals surface area contributed by atoms with Crippen molar-refractivity contribution in [1.29, 1.82) is 0 Å². The van der Waals surface area contributed by atoms with Gasteiger partial charge < -0.3 is 4.74 Å². The van der Waals surface area contributed by atoms with Crippen molar-refractivity contribution in [2.45, 2.75) is 68.5 Å². The molecule has 164 valence electrons. The minimum Gasteiger partial charge on any atom is -0.373 e. The van der Waals surface area contributed by atoms with Crippen molar-refractivity contribution in [2.24, 2.45) is 11.8 Å². The maximum Gasteiger partial charge on any atom is 0.257 e. The molecule has 4 heteroatoms. The zero-order valence-electron chi connectivity index (χ0n) is 17.6. The van der Waals surface area contributed by atoms with E-state index in [2.05, 4.69) is 48.5 Å². The van der Waals surface area contributed by atoms with Gasteiger partial charge in [0.2, 0.25) is 0 Å². The van der Waals surface area contributed by atoms with Crippen LogP contribution < -0.4 is 0 Å². The number of hydrogen-bond donors (Lipinski definition) is 0. The average Bonchev–Trinajstić information content (AvgIpc) is 2.76. The van der Waals surface area contributed by atoms with Crippen molar-refractivity contribution in [1.82, 2.24) is 0 Å². The Balaban J connectivity index is 1.71. The van der Waals surface area contributed by atoms with Gasteiger partial charge in [0, 0.05) is 13.0 Å². The van der Waals surface area contributed by atoms with Crippen LogP contribution in [0.2, 0.25) is 0 Å². The summed E-state index contributed by atoms with van der Waals surface area (Å²) in [6.45, 7) is 0.681. The zero-order chi connectivity index (χ0) is 21.2. The largest absolute Gasteiger partial charge is 0.373 e. The van der Waals surface area contributed by atoms with Crippen LogP contribution in [0.3, 0.4) is 0 Å². The van der Waals surface area contributed by atoms with Crippen LogP contribution in [0.1, 0.15) is 68.6 Å². The number of benzene rings is 2. The van der Waals surface area contributed by atoms with Crippen LogP contribution >= 0.6 is 23.2 Å². The maximum atomic E-state index is 14.0. The van der Waals surface area contributed by atoms with Crippen LogP contribution in [-0.2, 0) is 11.2 Å². The van der Waals surface area contributed by atoms with Gasteiger partial charge in [-0.15, -0.1) is 0 Å². The van der Waals surface area contributed by atoms with Gasteiger partial charge in [-0.2, -0.15) is 0 Å². The third kappa shape index (κ3) is 7.87. The molecule has 0 spiro atoms. The van der Waals surface area contributed by atoms with Crippen molar-refractivity contribution >= 4 is 23.2 Å². The Labute approximate surface area is 190 Å². The lowest BCUT2D eigenvalue weighted by Gasteiger charge is -2.37. The standard InChI is InChI=1S/C26H33Cl2FO/c27-26(28,29)19-18-24(22-14-6-2-7-15-22)25(23-16-8-3-9-17-23)30-20-10-13-21-11-4-1-5-12-21/h1,3-5,8-9,11-12,16-17,22,24-25H,2,6-7,10,13-15,18-20H2. The molecule has 0 bridgehead atoms. The summed E-state index contributed by atoms with van der Waals surface area (Å²) < 4.78 is 18.3. The quantitative estimate of drug-likeness (QED) is 0.246. The fraction of sp³-hybridized carbons (Fsp3) is 0.538. The van der Waals surface area contributed by atoms with E-state index in [-0.39, 0.29) is 18.4 Å². The van der Waals surface area contributed by atoms with Crippen LogP contribution in [-0.4, -0.2) is 11.2 Å². The van der Waals surface area contributed by atoms with Gasteiger partial charge in [-0.1, -0.05) is 116 Å². The summed E-state index contributed by atoms with van der Waals surface area (Å²) in [6, 6.07) is 20.9. The molecule has 1 nitrogen and oxygen atoms in total. The van der Waals surface area contributed by atoms with Crippen LogP contribution in [0, 0.1) is 11.8 Å². The first-order chi connectivity index (χ1) is 14.5. The van der Waals surface area contributed by atoms with Gasteiger partial charge in [0.05, 0.1) is 6.10 Å². The van der Waals surface area contributed by atoms with E-state index in [1.165, 1.54) is 43.2 Å². The second-order valence-electron chi connectivity index (χ2n) is 8.51. The van der Waals surface area contributed by atoms with E-state index in [9.17, 15) is 4.39 Å². The number of ether oxygens (including phenoxy) is 1. The normalized spacial score (nSPS) is 17.6. The Morgan fingerprint density at radius 2 is 1.57 bits per heavy atom. The number of hydrogen-bond acceptors (Lipinski definition) is 1. The van der Waals surface area contributed by atoms with E-state index in [1.807, 2.05) is 12.1 Å². The van der Waals surface area contributed by atoms with Crippen molar-refractivity contribution in [2.75, 3.05) is 6.61 Å². The average molecular weight is 451 g/mol. The molecule has 0 aromatic heterocycles. The van der Waals surface area contributed by atoms with E-state index in [1.54, 1.807) is 0 Å². The molecule has 2 unspecified atom stereocenters. The smallest absolute Gasteiger partial charge is 0.257 e. The lowest BCUT2D eigenvalue weighted by molar-refractivity contribution is -0.0223. The van der Waals surface area contributed by atoms with Gasteiger partial charge >= 0.3 is 0 Å². The summed E-state index contributed by atoms with van der Waals surface area (Å²) in [6.07, 6.45) is 8.77. The number of rotatable bonds is 11. The van der Waals surface area contributed by atoms with Gasteiger partial charge in [0.1, 0.15) is 0 Å². The topological polar surface area (TPSA) is 9.23 Å². The highest BCUT2D eigenvalue weighted by molar-refractivity contribution is 6.47. The van der Waals surface area contributed by atoms with E-state index < -0.39 is 4.59 Å². The maximum absolute atomic E-state index is 14.0. The van der Waals surface area contributed by atoms with Gasteiger partial charge in [0.25, 0.3) is 4.59 Å². The Hall–Kier alpha value is -1.09. The van der Waals surface area contributed by atoms with Gasteiger partial charge in [0.15, 0.2) is 0 Å². The minimum absolute atomic E-state index is 0.0549. The molecule has 0 heterocycles. The third-order valence-electron chi connectivity index (χ3n) is 6.28. The molecule has 2 atom stereocenters. The molecule has 1 saturated carbocycles. The fourth-order valence-corrected chi connectivity index (χ4v) is 4.99. The minimum atomic E-state index is -2.18. The molecule has 1 aliphatic carbocycles. The second kappa shape index (κ2) is 12.1. The van der Waals surface area contributed by atoms with Crippen LogP contribution in [0.5, 0.6) is 0 Å². The highest BCUT2D eigenvalue weighted by Crippen LogP contribution is 2.43. The van der Waals surface area contributed by atoms with Crippen molar-refractivity contribution < 1.29 is 9.13 Å². The molecule has 3 rings (SSSR count). The Morgan fingerprint density at radius 3 is 2.20 bits per heavy atom. The van der Waals surface area contributed by atoms with Gasteiger partial charge in [-0.3, -0.25) is 0 Å². The number of alkyl halides is 3. The summed E-state index contributed by atoms with van der Waals surface area (Å²) in [4.78, 5) is 0. The lowest BCUT2D eigenvalue weighted by atomic mass is 9.74. The predicted octanol–water partition coefficient (Wildman–Crippen LogP) is 8.45. The molecule has 0 radical (unpaired) electrons. The zero-order valence-corrected chi connectivity index (χ0v) is 19.1. The first-order valence-electron chi connectivity index (χ1n) is 11.3. The number of halogens is 3. The van der Waals surface area contributed by atoms with E-state index in [0.29, 0.717) is 18.9 Å². The second-order valence-corrected chi connectivity index (χ2v) is 9.90. The van der Waals surface area contributed by atoms with E-state index >= 15 is 0 Å². The van der Waals surface area contributed by atoms with Crippen LogP contribution in [0.25, 0.3) is 0 Å². The summed E-state index contributed by atoms with van der Waals surface area (Å²) >= 11 is 11.4. The SMILES string of the molecule is FC(Cl)(Cl)CCC(C1CCCCC1)C(OCCCc1ccccc1)c1ccccc1. The summed E-state index contributed by atoms with van der Waals surface area (Å²) in [7, 11) is 0. The highest BCUT2D eigenvalue weighted by Gasteiger charge is 2.34. The van der Waals surface area contributed by atoms with E-state index in [4.69, 9.17) is 27.9 Å². The molecule has 0 amide bonds. The Morgan fingerprint density at radius 1 is 0.933 bits per heavy atom. The summed E-state index contributed by atoms with van der Waals surface area (Å²) in [5.74, 6) is 0.741. The first kappa shape index (κ1) is 23.6. The van der Waals surface area contributed by atoms with E-state index in [0.717, 1.165) is 12.8 Å². The Kier molecular flexibility index (Phi) is 9.49. The van der Waals surface area contributed by atoms with Crippen molar-refractivity contribution in [3.05, 3.63) is 71.8 Å². The molecule has 1 aliphatic rings. The Bertz CT molecular complexity index is 711. The van der Waals surface area contributed by atoms with Crippen LogP contribution in [0.15, 0.2) is 60.7 Å². The molecule has 0 aliphatic heterocycles. The summed E-state index contributed by atoms with van der Waals surface area (Å²) in [5, 5.41) is 0. The van der Waals surface area contributed by atoms with Gasteiger partial charge in [-0.05, 0) is 42.2 Å². The third-order valence-corrected chi connectivity index (χ3v) is 6.66.